The Kier molecular flexibility index (Phi) is 5.68. The van der Waals surface area contributed by atoms with Crippen LogP contribution in [-0.4, -0.2) is 29.5 Å². The van der Waals surface area contributed by atoms with Crippen LogP contribution in [0.5, 0.6) is 0 Å². The molecule has 0 atom stereocenters. The standard InChI is InChI=1S/C33H22N6/c1-3-10-23(11-4-1)30-36-31(24-12-5-2-6-13-24)38-32(37-30)25-14-9-15-26(22-25)33-35-28-16-7-8-17-29(28)39(33)27-18-20-34-21-19-27/h1-22H. The van der Waals surface area contributed by atoms with E-state index in [1.165, 1.54) is 0 Å². The molecule has 7 aromatic rings. The summed E-state index contributed by atoms with van der Waals surface area (Å²) < 4.78 is 2.16. The largest absolute Gasteiger partial charge is 0.292 e. The Labute approximate surface area is 225 Å². The molecule has 0 aliphatic rings. The first-order valence-electron chi connectivity index (χ1n) is 12.7. The highest BCUT2D eigenvalue weighted by atomic mass is 15.1. The van der Waals surface area contributed by atoms with E-state index in [0.717, 1.165) is 44.8 Å². The second-order valence-electron chi connectivity index (χ2n) is 9.08. The van der Waals surface area contributed by atoms with Crippen LogP contribution in [0.2, 0.25) is 0 Å². The summed E-state index contributed by atoms with van der Waals surface area (Å²) in [4.78, 5) is 23.8. The number of para-hydroxylation sites is 2. The Morgan fingerprint density at radius 3 is 1.64 bits per heavy atom. The first kappa shape index (κ1) is 22.7. The van der Waals surface area contributed by atoms with Gasteiger partial charge in [0.1, 0.15) is 5.82 Å². The van der Waals surface area contributed by atoms with Gasteiger partial charge in [-0.25, -0.2) is 19.9 Å². The van der Waals surface area contributed by atoms with Crippen LogP contribution in [0.15, 0.2) is 134 Å². The number of hydrogen-bond acceptors (Lipinski definition) is 5. The summed E-state index contributed by atoms with van der Waals surface area (Å²) in [6, 6.07) is 40.4. The van der Waals surface area contributed by atoms with Gasteiger partial charge < -0.3 is 0 Å². The van der Waals surface area contributed by atoms with Gasteiger partial charge in [-0.3, -0.25) is 9.55 Å². The molecule has 39 heavy (non-hydrogen) atoms. The fourth-order valence-electron chi connectivity index (χ4n) is 4.71. The maximum atomic E-state index is 5.01. The molecule has 0 fully saturated rings. The van der Waals surface area contributed by atoms with Crippen molar-refractivity contribution in [3.63, 3.8) is 0 Å². The Balaban J connectivity index is 1.41. The molecule has 184 valence electrons. The van der Waals surface area contributed by atoms with E-state index in [9.17, 15) is 0 Å². The quantitative estimate of drug-likeness (QED) is 0.247. The van der Waals surface area contributed by atoms with Gasteiger partial charge in [0.05, 0.1) is 16.7 Å². The minimum Gasteiger partial charge on any atom is -0.292 e. The van der Waals surface area contributed by atoms with Crippen molar-refractivity contribution < 1.29 is 0 Å². The second kappa shape index (κ2) is 9.76. The highest BCUT2D eigenvalue weighted by molar-refractivity contribution is 5.84. The summed E-state index contributed by atoms with van der Waals surface area (Å²) >= 11 is 0. The predicted octanol–water partition coefficient (Wildman–Crippen LogP) is 7.27. The molecule has 6 nitrogen and oxygen atoms in total. The zero-order valence-electron chi connectivity index (χ0n) is 20.9. The first-order valence-corrected chi connectivity index (χ1v) is 12.7. The zero-order chi connectivity index (χ0) is 26.0. The van der Waals surface area contributed by atoms with E-state index >= 15 is 0 Å². The molecule has 0 saturated carbocycles. The van der Waals surface area contributed by atoms with Crippen LogP contribution in [-0.2, 0) is 0 Å². The lowest BCUT2D eigenvalue weighted by molar-refractivity contribution is 1.07. The third-order valence-electron chi connectivity index (χ3n) is 6.56. The Morgan fingerprint density at radius 2 is 0.974 bits per heavy atom. The van der Waals surface area contributed by atoms with Crippen LogP contribution >= 0.6 is 0 Å². The van der Waals surface area contributed by atoms with E-state index in [1.807, 2.05) is 103 Å². The summed E-state index contributed by atoms with van der Waals surface area (Å²) in [5.74, 6) is 2.71. The number of benzene rings is 4. The molecule has 0 spiro atoms. The predicted molar refractivity (Wildman–Crippen MR) is 154 cm³/mol. The van der Waals surface area contributed by atoms with Crippen LogP contribution in [0.4, 0.5) is 0 Å². The van der Waals surface area contributed by atoms with Crippen LogP contribution in [0, 0.1) is 0 Å². The maximum Gasteiger partial charge on any atom is 0.164 e. The molecule has 0 N–H and O–H groups in total. The second-order valence-corrected chi connectivity index (χ2v) is 9.08. The van der Waals surface area contributed by atoms with E-state index in [0.29, 0.717) is 17.5 Å². The summed E-state index contributed by atoms with van der Waals surface area (Å²) in [5.41, 5.74) is 6.68. The smallest absolute Gasteiger partial charge is 0.164 e. The van der Waals surface area contributed by atoms with Crippen LogP contribution < -0.4 is 0 Å². The molecule has 6 heteroatoms. The van der Waals surface area contributed by atoms with Gasteiger partial charge in [-0.2, -0.15) is 0 Å². The van der Waals surface area contributed by atoms with Gasteiger partial charge in [0.15, 0.2) is 17.5 Å². The summed E-state index contributed by atoms with van der Waals surface area (Å²) in [6.45, 7) is 0. The lowest BCUT2D eigenvalue weighted by Crippen LogP contribution is -2.01. The molecular weight excluding hydrogens is 480 g/mol. The van der Waals surface area contributed by atoms with E-state index < -0.39 is 0 Å². The Hall–Kier alpha value is -5.49. The Morgan fingerprint density at radius 1 is 0.436 bits per heavy atom. The number of fused-ring (bicyclic) bond motifs is 1. The van der Waals surface area contributed by atoms with E-state index in [4.69, 9.17) is 19.9 Å². The highest BCUT2D eigenvalue weighted by Crippen LogP contribution is 2.31. The van der Waals surface area contributed by atoms with Gasteiger partial charge in [-0.05, 0) is 30.3 Å². The molecule has 0 amide bonds. The highest BCUT2D eigenvalue weighted by Gasteiger charge is 2.17. The van der Waals surface area contributed by atoms with Crippen molar-refractivity contribution in [1.29, 1.82) is 0 Å². The summed E-state index contributed by atoms with van der Waals surface area (Å²) in [6.07, 6.45) is 3.59. The SMILES string of the molecule is c1ccc(-c2nc(-c3ccccc3)nc(-c3cccc(-c4nc5ccccc5n4-c4ccncc4)c3)n2)cc1. The number of rotatable bonds is 5. The van der Waals surface area contributed by atoms with Gasteiger partial charge in [0.2, 0.25) is 0 Å². The van der Waals surface area contributed by atoms with Crippen molar-refractivity contribution in [1.82, 2.24) is 29.5 Å². The lowest BCUT2D eigenvalue weighted by atomic mass is 10.1. The summed E-state index contributed by atoms with van der Waals surface area (Å²) in [5, 5.41) is 0. The molecule has 0 aliphatic heterocycles. The number of hydrogen-bond donors (Lipinski definition) is 0. The van der Waals surface area contributed by atoms with E-state index in [1.54, 1.807) is 12.4 Å². The monoisotopic (exact) mass is 502 g/mol. The number of imidazole rings is 1. The lowest BCUT2D eigenvalue weighted by Gasteiger charge is -2.11. The van der Waals surface area contributed by atoms with Gasteiger partial charge >= 0.3 is 0 Å². The maximum absolute atomic E-state index is 5.01. The number of nitrogens with zero attached hydrogens (tertiary/aromatic N) is 6. The van der Waals surface area contributed by atoms with Crippen molar-refractivity contribution in [3.05, 3.63) is 134 Å². The molecule has 0 radical (unpaired) electrons. The molecule has 0 unspecified atom stereocenters. The third kappa shape index (κ3) is 4.34. The average molecular weight is 503 g/mol. The molecule has 3 heterocycles. The molecule has 4 aromatic carbocycles. The van der Waals surface area contributed by atoms with Gasteiger partial charge in [-0.15, -0.1) is 0 Å². The van der Waals surface area contributed by atoms with Crippen molar-refractivity contribution in [2.24, 2.45) is 0 Å². The minimum absolute atomic E-state index is 0.608. The van der Waals surface area contributed by atoms with Crippen molar-refractivity contribution in [2.75, 3.05) is 0 Å². The first-order chi connectivity index (χ1) is 19.3. The molecular formula is C33H22N6. The molecule has 0 saturated heterocycles. The van der Waals surface area contributed by atoms with Gasteiger partial charge in [-0.1, -0.05) is 91.0 Å². The van der Waals surface area contributed by atoms with Crippen molar-refractivity contribution in [2.45, 2.75) is 0 Å². The van der Waals surface area contributed by atoms with Gasteiger partial charge in [0.25, 0.3) is 0 Å². The topological polar surface area (TPSA) is 69.4 Å². The number of pyridine rings is 1. The normalized spacial score (nSPS) is 11.1. The fourth-order valence-corrected chi connectivity index (χ4v) is 4.71. The van der Waals surface area contributed by atoms with Crippen LogP contribution in [0.3, 0.4) is 0 Å². The third-order valence-corrected chi connectivity index (χ3v) is 6.56. The summed E-state index contributed by atoms with van der Waals surface area (Å²) in [7, 11) is 0. The molecule has 7 rings (SSSR count). The van der Waals surface area contributed by atoms with Crippen LogP contribution in [0.25, 0.3) is 62.3 Å². The van der Waals surface area contributed by atoms with E-state index in [2.05, 4.69) is 27.8 Å². The molecule has 0 aliphatic carbocycles. The van der Waals surface area contributed by atoms with Gasteiger partial charge in [0, 0.05) is 34.6 Å². The van der Waals surface area contributed by atoms with Crippen molar-refractivity contribution in [3.8, 4) is 51.2 Å². The van der Waals surface area contributed by atoms with Crippen molar-refractivity contribution >= 4 is 11.0 Å². The average Bonchev–Trinajstić information content (AvgIpc) is 3.42. The molecule has 0 bridgehead atoms. The molecule has 3 aromatic heterocycles. The zero-order valence-corrected chi connectivity index (χ0v) is 20.9. The fraction of sp³-hybridized carbons (Fsp3) is 0. The minimum atomic E-state index is 0.608. The van der Waals surface area contributed by atoms with E-state index in [-0.39, 0.29) is 0 Å². The number of aromatic nitrogens is 6. The van der Waals surface area contributed by atoms with Crippen LogP contribution in [0.1, 0.15) is 0 Å². The Bertz CT molecular complexity index is 1840.